The number of hydrogen-bond donors (Lipinski definition) is 8. The third-order valence-corrected chi connectivity index (χ3v) is 9.81. The number of benzene rings is 6. The molecule has 0 spiro atoms. The highest BCUT2D eigenvalue weighted by Crippen LogP contribution is 2.42. The SMILES string of the molecule is O=C(O)c1cc(Cc2ccc(/N=N\c3cc(/N=N\c4ccc(S(=O)(=O)O)cc4)c(O)cc3O)c(C(=O)O)c2)ccc1/N=N\c1cc(/N=N\c2ccc(SOOO)cc2)c(O)cc1O. The molecule has 0 aliphatic carbocycles. The number of phenols is 4. The van der Waals surface area contributed by atoms with E-state index in [1.165, 1.54) is 54.6 Å². The van der Waals surface area contributed by atoms with E-state index < -0.39 is 45.1 Å². The summed E-state index contributed by atoms with van der Waals surface area (Å²) in [4.78, 5) is 24.7. The third-order valence-electron chi connectivity index (χ3n) is 8.34. The highest BCUT2D eigenvalue weighted by atomic mass is 32.2. The molecule has 6 aromatic rings. The minimum Gasteiger partial charge on any atom is -0.505 e. The van der Waals surface area contributed by atoms with Crippen LogP contribution in [0.1, 0.15) is 31.8 Å². The van der Waals surface area contributed by atoms with Crippen LogP contribution in [0.15, 0.2) is 160 Å². The fraction of sp³-hybridized carbons (Fsp3) is 0.0256. The second kappa shape index (κ2) is 19.6. The van der Waals surface area contributed by atoms with E-state index in [9.17, 15) is 48.6 Å². The Morgan fingerprint density at radius 3 is 1.27 bits per heavy atom. The number of rotatable bonds is 16. The van der Waals surface area contributed by atoms with E-state index in [1.807, 2.05) is 0 Å². The standard InChI is InChI=1S/C39H28N8O14S2/c48-34-18-36(50)32(16-30(34)44-40-22-3-7-24(8-4-22)62-61-60-56)46-42-28-11-1-20(14-26(28)38(52)53)13-21-2-12-29(27(15-21)39(54)55)43-47-33-17-31(35(49)19-37(33)51)45-41-23-5-9-25(10-6-23)63(57,58)59/h1-12,14-19,48-51,56H,13H2,(H,52,53)(H,54,55)(H,57,58,59)/b44-40-,45-41-,46-42-,47-43-. The lowest BCUT2D eigenvalue weighted by molar-refractivity contribution is -0.432. The minimum atomic E-state index is -4.43. The Morgan fingerprint density at radius 2 is 0.889 bits per heavy atom. The van der Waals surface area contributed by atoms with Crippen LogP contribution >= 0.6 is 12.0 Å². The number of azo groups is 4. The van der Waals surface area contributed by atoms with E-state index in [0.29, 0.717) is 21.7 Å². The molecule has 24 heteroatoms. The van der Waals surface area contributed by atoms with Crippen LogP contribution in [0.4, 0.5) is 45.5 Å². The summed E-state index contributed by atoms with van der Waals surface area (Å²) in [6.45, 7) is 0. The number of carbonyl (C=O) groups is 2. The van der Waals surface area contributed by atoms with Crippen molar-refractivity contribution >= 4 is 79.6 Å². The molecule has 0 bridgehead atoms. The first kappa shape index (κ1) is 44.5. The number of aromatic carboxylic acids is 2. The van der Waals surface area contributed by atoms with E-state index in [1.54, 1.807) is 24.3 Å². The van der Waals surface area contributed by atoms with E-state index in [4.69, 9.17) is 9.81 Å². The summed E-state index contributed by atoms with van der Waals surface area (Å²) in [7, 11) is -4.43. The smallest absolute Gasteiger partial charge is 0.337 e. The van der Waals surface area contributed by atoms with Crippen LogP contribution in [0.2, 0.25) is 0 Å². The number of nitrogens with zero attached hydrogens (tertiary/aromatic N) is 8. The molecular formula is C39H28N8O14S2. The summed E-state index contributed by atoms with van der Waals surface area (Å²) >= 11 is 0.737. The van der Waals surface area contributed by atoms with Gasteiger partial charge in [-0.25, -0.2) is 14.8 Å². The zero-order valence-electron chi connectivity index (χ0n) is 31.5. The summed E-state index contributed by atoms with van der Waals surface area (Å²) in [5.74, 6) is -4.72. The molecular weight excluding hydrogens is 869 g/mol. The first-order valence-corrected chi connectivity index (χ1v) is 19.6. The van der Waals surface area contributed by atoms with Gasteiger partial charge in [0, 0.05) is 29.2 Å². The molecule has 0 saturated carbocycles. The maximum Gasteiger partial charge on any atom is 0.337 e. The van der Waals surface area contributed by atoms with Crippen molar-refractivity contribution in [3.63, 3.8) is 0 Å². The predicted octanol–water partition coefficient (Wildman–Crippen LogP) is 10.8. The Balaban J connectivity index is 1.18. The molecule has 0 aliphatic heterocycles. The molecule has 0 atom stereocenters. The van der Waals surface area contributed by atoms with Crippen LogP contribution in [-0.4, -0.2) is 60.8 Å². The molecule has 6 rings (SSSR count). The Morgan fingerprint density at radius 1 is 0.508 bits per heavy atom. The van der Waals surface area contributed by atoms with Gasteiger partial charge in [0.1, 0.15) is 57.1 Å². The Bertz CT molecular complexity index is 2950. The summed E-state index contributed by atoms with van der Waals surface area (Å²) < 4.78 is 36.0. The molecule has 0 unspecified atom stereocenters. The van der Waals surface area contributed by atoms with Crippen molar-refractivity contribution in [2.75, 3.05) is 0 Å². The number of carboxylic acids is 2. The van der Waals surface area contributed by atoms with E-state index in [0.717, 1.165) is 42.4 Å². The van der Waals surface area contributed by atoms with E-state index in [-0.39, 0.29) is 62.3 Å². The second-order valence-electron chi connectivity index (χ2n) is 12.6. The van der Waals surface area contributed by atoms with Gasteiger partial charge in [-0.2, -0.15) is 18.6 Å². The fourth-order valence-electron chi connectivity index (χ4n) is 5.32. The van der Waals surface area contributed by atoms with Crippen LogP contribution in [-0.2, 0) is 25.9 Å². The molecule has 320 valence electrons. The number of phenolic OH excluding ortho intramolecular Hbond substituents is 4. The lowest BCUT2D eigenvalue weighted by Crippen LogP contribution is -2.01. The summed E-state index contributed by atoms with van der Waals surface area (Å²) in [6, 6.07) is 23.5. The molecule has 0 aromatic heterocycles. The summed E-state index contributed by atoms with van der Waals surface area (Å²) in [5.41, 5.74) is -0.0936. The van der Waals surface area contributed by atoms with Crippen molar-refractivity contribution in [3.8, 4) is 23.0 Å². The van der Waals surface area contributed by atoms with Gasteiger partial charge in [0.05, 0.1) is 39.4 Å². The van der Waals surface area contributed by atoms with Gasteiger partial charge in [-0.05, 0) is 90.3 Å². The average Bonchev–Trinajstić information content (AvgIpc) is 3.25. The first-order chi connectivity index (χ1) is 30.1. The molecule has 0 radical (unpaired) electrons. The quantitative estimate of drug-likeness (QED) is 0.0147. The van der Waals surface area contributed by atoms with Crippen molar-refractivity contribution in [2.24, 2.45) is 40.9 Å². The lowest BCUT2D eigenvalue weighted by Gasteiger charge is -2.08. The molecule has 63 heavy (non-hydrogen) atoms. The molecule has 6 aromatic carbocycles. The van der Waals surface area contributed by atoms with Crippen LogP contribution < -0.4 is 0 Å². The van der Waals surface area contributed by atoms with Gasteiger partial charge in [-0.3, -0.25) is 4.55 Å². The zero-order chi connectivity index (χ0) is 45.3. The van der Waals surface area contributed by atoms with Crippen LogP contribution in [0, 0.1) is 0 Å². The maximum absolute atomic E-state index is 12.3. The van der Waals surface area contributed by atoms with Crippen molar-refractivity contribution in [1.82, 2.24) is 0 Å². The topological polar surface area (TPSA) is 347 Å². The normalized spacial score (nSPS) is 12.0. The van der Waals surface area contributed by atoms with Gasteiger partial charge in [0.15, 0.2) is 0 Å². The Labute approximate surface area is 358 Å². The Kier molecular flexibility index (Phi) is 13.9. The second-order valence-corrected chi connectivity index (χ2v) is 14.8. The van der Waals surface area contributed by atoms with E-state index >= 15 is 0 Å². The number of hydrogen-bond acceptors (Lipinski definition) is 20. The van der Waals surface area contributed by atoms with E-state index in [2.05, 4.69) is 50.3 Å². The molecule has 0 fully saturated rings. The van der Waals surface area contributed by atoms with Gasteiger partial charge >= 0.3 is 11.9 Å². The predicted molar refractivity (Wildman–Crippen MR) is 219 cm³/mol. The number of aromatic hydroxyl groups is 4. The van der Waals surface area contributed by atoms with Gasteiger partial charge in [-0.15, -0.1) is 35.0 Å². The largest absolute Gasteiger partial charge is 0.505 e. The molecule has 0 aliphatic rings. The summed E-state index contributed by atoms with van der Waals surface area (Å²) in [5, 5.41) is 105. The van der Waals surface area contributed by atoms with Crippen molar-refractivity contribution in [2.45, 2.75) is 16.2 Å². The van der Waals surface area contributed by atoms with Crippen molar-refractivity contribution < 1.29 is 67.8 Å². The Hall–Kier alpha value is -8.00. The molecule has 0 heterocycles. The average molecular weight is 897 g/mol. The monoisotopic (exact) mass is 896 g/mol. The van der Waals surface area contributed by atoms with Gasteiger partial charge in [0.2, 0.25) is 0 Å². The highest BCUT2D eigenvalue weighted by molar-refractivity contribution is 7.94. The van der Waals surface area contributed by atoms with Crippen LogP contribution in [0.25, 0.3) is 0 Å². The first-order valence-electron chi connectivity index (χ1n) is 17.4. The maximum atomic E-state index is 12.3. The minimum absolute atomic E-state index is 0.0561. The molecule has 0 amide bonds. The van der Waals surface area contributed by atoms with Crippen molar-refractivity contribution in [1.29, 1.82) is 0 Å². The molecule has 8 N–H and O–H groups in total. The van der Waals surface area contributed by atoms with Gasteiger partial charge < -0.3 is 30.6 Å². The van der Waals surface area contributed by atoms with Gasteiger partial charge in [0.25, 0.3) is 10.1 Å². The third kappa shape index (κ3) is 11.6. The van der Waals surface area contributed by atoms with Gasteiger partial charge in [-0.1, -0.05) is 17.2 Å². The van der Waals surface area contributed by atoms with Crippen LogP contribution in [0.5, 0.6) is 23.0 Å². The number of carboxylic acid groups (broad SMARTS) is 2. The van der Waals surface area contributed by atoms with Crippen molar-refractivity contribution in [3.05, 3.63) is 131 Å². The molecule has 0 saturated heterocycles. The highest BCUT2D eigenvalue weighted by Gasteiger charge is 2.17. The molecule has 22 nitrogen and oxygen atoms in total. The fourth-order valence-corrected chi connectivity index (χ4v) is 6.15. The van der Waals surface area contributed by atoms with Crippen LogP contribution in [0.3, 0.4) is 0 Å². The zero-order valence-corrected chi connectivity index (χ0v) is 33.2. The lowest BCUT2D eigenvalue weighted by atomic mass is 9.99. The summed E-state index contributed by atoms with van der Waals surface area (Å²) in [6.07, 6.45) is 0.0561.